The van der Waals surface area contributed by atoms with Crippen LogP contribution in [-0.4, -0.2) is 25.5 Å². The topological polar surface area (TPSA) is 64.7 Å². The van der Waals surface area contributed by atoms with Gasteiger partial charge in [-0.25, -0.2) is 4.39 Å². The lowest BCUT2D eigenvalue weighted by molar-refractivity contribution is -0.116. The minimum atomic E-state index is -0.276. The van der Waals surface area contributed by atoms with E-state index in [-0.39, 0.29) is 11.7 Å². The first kappa shape index (κ1) is 15.9. The van der Waals surface area contributed by atoms with E-state index in [1.54, 1.807) is 27.8 Å². The first-order valence-electron chi connectivity index (χ1n) is 7.65. The monoisotopic (exact) mass is 327 g/mol. The number of nitrogens with one attached hydrogen (secondary N) is 1. The first-order valence-corrected chi connectivity index (χ1v) is 7.65. The van der Waals surface area contributed by atoms with Crippen LogP contribution in [-0.2, 0) is 17.9 Å². The van der Waals surface area contributed by atoms with E-state index in [1.165, 1.54) is 12.1 Å². The van der Waals surface area contributed by atoms with Gasteiger partial charge in [-0.3, -0.25) is 14.2 Å². The van der Waals surface area contributed by atoms with Crippen molar-refractivity contribution in [2.75, 3.05) is 5.32 Å². The van der Waals surface area contributed by atoms with Crippen LogP contribution in [0.5, 0.6) is 0 Å². The summed E-state index contributed by atoms with van der Waals surface area (Å²) in [5.41, 5.74) is 2.35. The predicted octanol–water partition coefficient (Wildman–Crippen LogP) is 2.60. The van der Waals surface area contributed by atoms with E-state index in [9.17, 15) is 9.18 Å². The Morgan fingerprint density at radius 1 is 1.29 bits per heavy atom. The number of amides is 1. The van der Waals surface area contributed by atoms with Crippen LogP contribution in [0.25, 0.3) is 0 Å². The number of rotatable bonds is 6. The summed E-state index contributed by atoms with van der Waals surface area (Å²) >= 11 is 0. The van der Waals surface area contributed by atoms with Gasteiger partial charge < -0.3 is 5.32 Å². The molecule has 7 heteroatoms. The second-order valence-corrected chi connectivity index (χ2v) is 5.57. The minimum Gasteiger partial charge on any atom is -0.323 e. The fraction of sp³-hybridized carbons (Fsp3) is 0.235. The summed E-state index contributed by atoms with van der Waals surface area (Å²) in [5.74, 6) is -0.379. The lowest BCUT2D eigenvalue weighted by Gasteiger charge is -2.03. The molecule has 0 unspecified atom stereocenters. The standard InChI is InChI=1S/C17H18FN5O/c1-13-5-7-22(21-13)8-6-17(24)20-16-10-19-23(12-16)11-14-3-2-4-15(18)9-14/h2-5,7,9-10,12H,6,8,11H2,1H3,(H,20,24). The molecule has 0 aliphatic carbocycles. The molecule has 1 N–H and O–H groups in total. The van der Waals surface area contributed by atoms with E-state index in [1.807, 2.05) is 25.3 Å². The van der Waals surface area contributed by atoms with E-state index in [2.05, 4.69) is 15.5 Å². The molecule has 6 nitrogen and oxygen atoms in total. The van der Waals surface area contributed by atoms with Crippen LogP contribution in [0.15, 0.2) is 48.9 Å². The van der Waals surface area contributed by atoms with E-state index in [4.69, 9.17) is 0 Å². The molecule has 0 spiro atoms. The molecular weight excluding hydrogens is 309 g/mol. The molecule has 3 rings (SSSR count). The van der Waals surface area contributed by atoms with Crippen LogP contribution in [0, 0.1) is 12.7 Å². The van der Waals surface area contributed by atoms with Crippen molar-refractivity contribution in [2.24, 2.45) is 0 Å². The maximum absolute atomic E-state index is 13.2. The van der Waals surface area contributed by atoms with Crippen LogP contribution in [0.1, 0.15) is 17.7 Å². The van der Waals surface area contributed by atoms with Crippen molar-refractivity contribution in [3.05, 3.63) is 66.0 Å². The Morgan fingerprint density at radius 3 is 2.92 bits per heavy atom. The minimum absolute atomic E-state index is 0.103. The highest BCUT2D eigenvalue weighted by atomic mass is 19.1. The van der Waals surface area contributed by atoms with Gasteiger partial charge in [0.15, 0.2) is 0 Å². The van der Waals surface area contributed by atoms with Gasteiger partial charge in [-0.05, 0) is 30.7 Å². The average Bonchev–Trinajstić information content (AvgIpc) is 3.14. The third kappa shape index (κ3) is 4.28. The Labute approximate surface area is 138 Å². The van der Waals surface area contributed by atoms with Crippen LogP contribution < -0.4 is 5.32 Å². The number of carbonyl (C=O) groups excluding carboxylic acids is 1. The Bertz CT molecular complexity index is 839. The van der Waals surface area contributed by atoms with Gasteiger partial charge in [-0.15, -0.1) is 0 Å². The van der Waals surface area contributed by atoms with Crippen molar-refractivity contribution in [1.29, 1.82) is 0 Å². The van der Waals surface area contributed by atoms with E-state index in [0.29, 0.717) is 25.2 Å². The fourth-order valence-corrected chi connectivity index (χ4v) is 2.36. The lowest BCUT2D eigenvalue weighted by Crippen LogP contribution is -2.14. The quantitative estimate of drug-likeness (QED) is 0.757. The zero-order valence-electron chi connectivity index (χ0n) is 13.3. The molecule has 0 aliphatic heterocycles. The summed E-state index contributed by atoms with van der Waals surface area (Å²) in [7, 11) is 0. The molecule has 0 atom stereocenters. The Hall–Kier alpha value is -2.96. The molecule has 24 heavy (non-hydrogen) atoms. The summed E-state index contributed by atoms with van der Waals surface area (Å²) in [4.78, 5) is 12.0. The molecule has 0 saturated carbocycles. The molecular formula is C17H18FN5O. The average molecular weight is 327 g/mol. The van der Waals surface area contributed by atoms with Gasteiger partial charge in [0.2, 0.25) is 5.91 Å². The predicted molar refractivity (Wildman–Crippen MR) is 87.9 cm³/mol. The van der Waals surface area contributed by atoms with Crippen molar-refractivity contribution >= 4 is 11.6 Å². The second kappa shape index (κ2) is 7.08. The molecule has 0 aliphatic rings. The number of hydrogen-bond donors (Lipinski definition) is 1. The summed E-state index contributed by atoms with van der Waals surface area (Å²) in [6.07, 6.45) is 5.48. The number of carbonyl (C=O) groups is 1. The number of anilines is 1. The van der Waals surface area contributed by atoms with Crippen molar-refractivity contribution in [3.63, 3.8) is 0 Å². The Kier molecular flexibility index (Phi) is 4.69. The zero-order chi connectivity index (χ0) is 16.9. The normalized spacial score (nSPS) is 10.8. The third-order valence-corrected chi connectivity index (χ3v) is 3.49. The van der Waals surface area contributed by atoms with Crippen LogP contribution in [0.3, 0.4) is 0 Å². The smallest absolute Gasteiger partial charge is 0.226 e. The zero-order valence-corrected chi connectivity index (χ0v) is 13.3. The number of aryl methyl sites for hydroxylation is 2. The molecule has 3 aromatic rings. The summed E-state index contributed by atoms with van der Waals surface area (Å²) in [6.45, 7) is 2.88. The molecule has 0 saturated heterocycles. The molecule has 0 fully saturated rings. The van der Waals surface area contributed by atoms with Crippen LogP contribution >= 0.6 is 0 Å². The van der Waals surface area contributed by atoms with Crippen molar-refractivity contribution in [2.45, 2.75) is 26.4 Å². The fourth-order valence-electron chi connectivity index (χ4n) is 2.36. The van der Waals surface area contributed by atoms with E-state index < -0.39 is 0 Å². The van der Waals surface area contributed by atoms with Gasteiger partial charge in [0, 0.05) is 25.4 Å². The highest BCUT2D eigenvalue weighted by Gasteiger charge is 2.06. The molecule has 1 amide bonds. The van der Waals surface area contributed by atoms with Crippen LogP contribution in [0.4, 0.5) is 10.1 Å². The Balaban J connectivity index is 1.52. The Morgan fingerprint density at radius 2 is 2.17 bits per heavy atom. The van der Waals surface area contributed by atoms with Crippen molar-refractivity contribution < 1.29 is 9.18 Å². The number of nitrogens with zero attached hydrogens (tertiary/aromatic N) is 4. The van der Waals surface area contributed by atoms with Gasteiger partial charge in [-0.1, -0.05) is 12.1 Å². The molecule has 124 valence electrons. The SMILES string of the molecule is Cc1ccn(CCC(=O)Nc2cnn(Cc3cccc(F)c3)c2)n1. The third-order valence-electron chi connectivity index (χ3n) is 3.49. The number of benzene rings is 1. The molecule has 0 bridgehead atoms. The second-order valence-electron chi connectivity index (χ2n) is 5.57. The van der Waals surface area contributed by atoms with E-state index in [0.717, 1.165) is 11.3 Å². The number of hydrogen-bond acceptors (Lipinski definition) is 3. The highest BCUT2D eigenvalue weighted by molar-refractivity contribution is 5.90. The maximum Gasteiger partial charge on any atom is 0.226 e. The van der Waals surface area contributed by atoms with Gasteiger partial charge in [-0.2, -0.15) is 10.2 Å². The number of aromatic nitrogens is 4. The summed E-state index contributed by atoms with van der Waals surface area (Å²) in [5, 5.41) is 11.2. The summed E-state index contributed by atoms with van der Waals surface area (Å²) < 4.78 is 16.6. The molecule has 2 heterocycles. The van der Waals surface area contributed by atoms with Crippen LogP contribution in [0.2, 0.25) is 0 Å². The van der Waals surface area contributed by atoms with Crippen molar-refractivity contribution in [3.8, 4) is 0 Å². The van der Waals surface area contributed by atoms with Crippen molar-refractivity contribution in [1.82, 2.24) is 19.6 Å². The molecule has 0 radical (unpaired) electrons. The molecule has 2 aromatic heterocycles. The van der Waals surface area contributed by atoms with E-state index >= 15 is 0 Å². The number of halogens is 1. The maximum atomic E-state index is 13.2. The lowest BCUT2D eigenvalue weighted by atomic mass is 10.2. The van der Waals surface area contributed by atoms with Gasteiger partial charge >= 0.3 is 0 Å². The van der Waals surface area contributed by atoms with Gasteiger partial charge in [0.1, 0.15) is 5.82 Å². The largest absolute Gasteiger partial charge is 0.323 e. The van der Waals surface area contributed by atoms with Gasteiger partial charge in [0.05, 0.1) is 24.1 Å². The molecule has 1 aromatic carbocycles. The summed E-state index contributed by atoms with van der Waals surface area (Å²) in [6, 6.07) is 8.25. The first-order chi connectivity index (χ1) is 11.6. The van der Waals surface area contributed by atoms with Gasteiger partial charge in [0.25, 0.3) is 0 Å². The highest BCUT2D eigenvalue weighted by Crippen LogP contribution is 2.10.